The Kier molecular flexibility index (Phi) is 8.17. The molecule has 1 atom stereocenters. The third-order valence-corrected chi connectivity index (χ3v) is 7.45. The second-order valence-corrected chi connectivity index (χ2v) is 10.4. The van der Waals surface area contributed by atoms with Gasteiger partial charge in [0.25, 0.3) is 11.6 Å². The average molecular weight is 552 g/mol. The van der Waals surface area contributed by atoms with Crippen molar-refractivity contribution in [2.24, 2.45) is 7.05 Å². The van der Waals surface area contributed by atoms with Crippen molar-refractivity contribution in [1.29, 1.82) is 0 Å². The molecule has 0 saturated carbocycles. The number of amides is 2. The van der Waals surface area contributed by atoms with Gasteiger partial charge >= 0.3 is 0 Å². The number of anilines is 1. The lowest BCUT2D eigenvalue weighted by atomic mass is 10.1. The molecule has 38 heavy (non-hydrogen) atoms. The van der Waals surface area contributed by atoms with E-state index in [2.05, 4.69) is 25.8 Å². The summed E-state index contributed by atoms with van der Waals surface area (Å²) < 4.78 is 1.74. The van der Waals surface area contributed by atoms with Crippen molar-refractivity contribution in [3.63, 3.8) is 0 Å². The van der Waals surface area contributed by atoms with Gasteiger partial charge in [0.2, 0.25) is 5.91 Å². The molecule has 0 aliphatic heterocycles. The van der Waals surface area contributed by atoms with Crippen molar-refractivity contribution < 1.29 is 14.5 Å². The number of nitro benzene ring substituents is 1. The van der Waals surface area contributed by atoms with Gasteiger partial charge in [0.1, 0.15) is 0 Å². The molecule has 4 aromatic rings. The van der Waals surface area contributed by atoms with Gasteiger partial charge in [-0.15, -0.1) is 21.5 Å². The molecule has 2 N–H and O–H groups in total. The maximum Gasteiger partial charge on any atom is 0.272 e. The molecule has 0 fully saturated rings. The molecule has 13 heteroatoms. The molecule has 2 heterocycles. The highest BCUT2D eigenvalue weighted by atomic mass is 32.2. The summed E-state index contributed by atoms with van der Waals surface area (Å²) in [5.41, 5.74) is 3.29. The van der Waals surface area contributed by atoms with Crippen LogP contribution in [0.15, 0.2) is 53.0 Å². The minimum absolute atomic E-state index is 0.0181. The second kappa shape index (κ2) is 11.5. The fraction of sp³-hybridized carbons (Fsp3) is 0.240. The van der Waals surface area contributed by atoms with Crippen molar-refractivity contribution in [1.82, 2.24) is 25.1 Å². The van der Waals surface area contributed by atoms with Crippen molar-refractivity contribution in [2.45, 2.75) is 32.0 Å². The predicted molar refractivity (Wildman–Crippen MR) is 146 cm³/mol. The van der Waals surface area contributed by atoms with E-state index in [-0.39, 0.29) is 23.3 Å². The summed E-state index contributed by atoms with van der Waals surface area (Å²) in [5, 5.41) is 27.9. The number of rotatable bonds is 9. The maximum atomic E-state index is 12.6. The van der Waals surface area contributed by atoms with Gasteiger partial charge in [-0.05, 0) is 32.9 Å². The van der Waals surface area contributed by atoms with Crippen LogP contribution in [0.5, 0.6) is 0 Å². The van der Waals surface area contributed by atoms with E-state index in [1.165, 1.54) is 29.2 Å². The Morgan fingerprint density at radius 3 is 2.71 bits per heavy atom. The lowest BCUT2D eigenvalue weighted by Gasteiger charge is -2.14. The van der Waals surface area contributed by atoms with Gasteiger partial charge in [-0.3, -0.25) is 19.7 Å². The van der Waals surface area contributed by atoms with E-state index in [9.17, 15) is 19.7 Å². The molecular weight excluding hydrogens is 526 g/mol. The molecule has 196 valence electrons. The fourth-order valence-electron chi connectivity index (χ4n) is 3.67. The van der Waals surface area contributed by atoms with Gasteiger partial charge < -0.3 is 15.2 Å². The van der Waals surface area contributed by atoms with E-state index >= 15 is 0 Å². The zero-order valence-electron chi connectivity index (χ0n) is 21.1. The molecule has 2 aromatic heterocycles. The minimum atomic E-state index is -0.429. The number of nitro groups is 1. The van der Waals surface area contributed by atoms with Crippen molar-refractivity contribution in [3.8, 4) is 11.3 Å². The number of nitrogens with one attached hydrogen (secondary N) is 2. The first-order valence-electron chi connectivity index (χ1n) is 11.5. The van der Waals surface area contributed by atoms with Crippen LogP contribution in [-0.2, 0) is 11.8 Å². The summed E-state index contributed by atoms with van der Waals surface area (Å²) in [5.74, 6) is 0.142. The highest BCUT2D eigenvalue weighted by Crippen LogP contribution is 2.29. The first-order valence-corrected chi connectivity index (χ1v) is 13.4. The molecule has 0 unspecified atom stereocenters. The Morgan fingerprint density at radius 2 is 1.97 bits per heavy atom. The van der Waals surface area contributed by atoms with Crippen molar-refractivity contribution in [3.05, 3.63) is 80.5 Å². The van der Waals surface area contributed by atoms with Gasteiger partial charge in [-0.25, -0.2) is 4.98 Å². The number of thioether (sulfide) groups is 1. The minimum Gasteiger partial charge on any atom is -0.342 e. The van der Waals surface area contributed by atoms with Gasteiger partial charge in [-0.1, -0.05) is 41.6 Å². The molecular formula is C25H25N7O4S2. The predicted octanol–water partition coefficient (Wildman–Crippen LogP) is 4.69. The lowest BCUT2D eigenvalue weighted by Crippen LogP contribution is -2.28. The van der Waals surface area contributed by atoms with Crippen LogP contribution >= 0.6 is 23.1 Å². The number of thiazole rings is 1. The number of benzene rings is 2. The van der Waals surface area contributed by atoms with Crippen molar-refractivity contribution >= 4 is 45.7 Å². The average Bonchev–Trinajstić information content (AvgIpc) is 3.49. The molecule has 2 amide bonds. The zero-order valence-corrected chi connectivity index (χ0v) is 22.7. The molecule has 0 bridgehead atoms. The molecule has 11 nitrogen and oxygen atoms in total. The van der Waals surface area contributed by atoms with E-state index in [0.29, 0.717) is 38.5 Å². The number of aromatic nitrogens is 4. The second-order valence-electron chi connectivity index (χ2n) is 8.60. The summed E-state index contributed by atoms with van der Waals surface area (Å²) in [6.45, 7) is 5.42. The largest absolute Gasteiger partial charge is 0.342 e. The van der Waals surface area contributed by atoms with Crippen LogP contribution in [0.25, 0.3) is 11.3 Å². The summed E-state index contributed by atoms with van der Waals surface area (Å²) in [4.78, 5) is 40.3. The van der Waals surface area contributed by atoms with E-state index in [0.717, 1.165) is 5.56 Å². The van der Waals surface area contributed by atoms with Crippen LogP contribution < -0.4 is 10.6 Å². The molecule has 0 spiro atoms. The van der Waals surface area contributed by atoms with Gasteiger partial charge in [-0.2, -0.15) is 0 Å². The first-order chi connectivity index (χ1) is 18.1. The normalized spacial score (nSPS) is 11.7. The smallest absolute Gasteiger partial charge is 0.272 e. The van der Waals surface area contributed by atoms with Gasteiger partial charge in [0, 0.05) is 35.2 Å². The summed E-state index contributed by atoms with van der Waals surface area (Å²) in [6, 6.07) is 11.8. The number of hydrogen-bond donors (Lipinski definition) is 2. The highest BCUT2D eigenvalue weighted by molar-refractivity contribution is 7.99. The van der Waals surface area contributed by atoms with Crippen LogP contribution in [-0.4, -0.2) is 42.2 Å². The van der Waals surface area contributed by atoms with Crippen LogP contribution in [0.3, 0.4) is 0 Å². The monoisotopic (exact) mass is 551 g/mol. The molecule has 0 aliphatic rings. The van der Waals surface area contributed by atoms with E-state index in [1.807, 2.05) is 32.0 Å². The third kappa shape index (κ3) is 6.23. The number of aryl methyl sites for hydroxylation is 2. The topological polar surface area (TPSA) is 145 Å². The van der Waals surface area contributed by atoms with Gasteiger partial charge in [0.05, 0.1) is 22.4 Å². The lowest BCUT2D eigenvalue weighted by molar-refractivity contribution is -0.385. The molecule has 4 rings (SSSR count). The maximum absolute atomic E-state index is 12.6. The number of carbonyl (C=O) groups is 2. The molecule has 2 aromatic carbocycles. The van der Waals surface area contributed by atoms with E-state index in [4.69, 9.17) is 0 Å². The summed E-state index contributed by atoms with van der Waals surface area (Å²) in [6.07, 6.45) is 0. The Bertz CT molecular complexity index is 1520. The Morgan fingerprint density at radius 1 is 1.18 bits per heavy atom. The SMILES string of the molecule is Cc1cccc(C(=O)N[C@@H](C)c2nnc(SCC(=O)Nc3nc(-c4ccc(C)c([N+](=O)[O-])c4)cs3)n2C)c1. The highest BCUT2D eigenvalue weighted by Gasteiger charge is 2.20. The standard InChI is InChI=1S/C25H25N7O4S2/c1-14-6-5-7-18(10-14)23(34)26-16(3)22-29-30-25(31(22)4)38-13-21(33)28-24-27-19(12-37-24)17-9-8-15(2)20(11-17)32(35)36/h5-12,16H,13H2,1-4H3,(H,26,34)(H,27,28,33)/t16-/m0/s1. The van der Waals surface area contributed by atoms with Crippen LogP contribution in [0, 0.1) is 24.0 Å². The van der Waals surface area contributed by atoms with Gasteiger partial charge in [0.15, 0.2) is 16.1 Å². The number of nitrogens with zero attached hydrogens (tertiary/aromatic N) is 5. The molecule has 0 radical (unpaired) electrons. The third-order valence-electron chi connectivity index (χ3n) is 5.67. The van der Waals surface area contributed by atoms with Crippen LogP contribution in [0.4, 0.5) is 10.8 Å². The number of carbonyl (C=O) groups excluding carboxylic acids is 2. The molecule has 0 saturated heterocycles. The van der Waals surface area contributed by atoms with Crippen LogP contribution in [0.1, 0.15) is 40.3 Å². The van der Waals surface area contributed by atoms with E-state index in [1.54, 1.807) is 42.1 Å². The fourth-order valence-corrected chi connectivity index (χ4v) is 5.13. The summed E-state index contributed by atoms with van der Waals surface area (Å²) in [7, 11) is 1.78. The zero-order chi connectivity index (χ0) is 27.4. The Labute approximate surface area is 226 Å². The molecule has 0 aliphatic carbocycles. The quantitative estimate of drug-likeness (QED) is 0.173. The van der Waals surface area contributed by atoms with Crippen LogP contribution in [0.2, 0.25) is 0 Å². The Hall–Kier alpha value is -4.10. The van der Waals surface area contributed by atoms with Crippen molar-refractivity contribution in [2.75, 3.05) is 11.1 Å². The Balaban J connectivity index is 1.34. The first kappa shape index (κ1) is 26.9. The summed E-state index contributed by atoms with van der Waals surface area (Å²) >= 11 is 2.44. The van der Waals surface area contributed by atoms with E-state index < -0.39 is 11.0 Å². The number of hydrogen-bond acceptors (Lipinski definition) is 9.